The molecular weight excluding hydrogens is 348 g/mol. The number of fused-ring (bicyclic) bond motifs is 1. The molecule has 1 aromatic heterocycles. The number of aromatic nitrogens is 2. The normalized spacial score (nSPS) is 11.4. The summed E-state index contributed by atoms with van der Waals surface area (Å²) in [6, 6.07) is 15.4. The zero-order chi connectivity index (χ0) is 18.4. The number of rotatable bonds is 6. The quantitative estimate of drug-likeness (QED) is 0.283. The van der Waals surface area contributed by atoms with Gasteiger partial charge in [0.15, 0.2) is 0 Å². The van der Waals surface area contributed by atoms with Crippen LogP contribution in [0.5, 0.6) is 0 Å². The van der Waals surface area contributed by atoms with E-state index in [-0.39, 0.29) is 0 Å². The summed E-state index contributed by atoms with van der Waals surface area (Å²) in [4.78, 5) is 21.1. The Balaban J connectivity index is 1.85. The van der Waals surface area contributed by atoms with Crippen molar-refractivity contribution in [1.29, 1.82) is 0 Å². The Labute approximate surface area is 156 Å². The molecule has 0 aliphatic carbocycles. The predicted molar refractivity (Wildman–Crippen MR) is 103 cm³/mol. The van der Waals surface area contributed by atoms with Crippen LogP contribution in [0.1, 0.15) is 11.1 Å². The number of carbonyl (C=O) groups excluding carboxylic acids is 1. The Hall–Kier alpha value is -2.86. The lowest BCUT2D eigenvalue weighted by Gasteiger charge is -2.11. The number of benzene rings is 2. The maximum absolute atomic E-state index is 12.1. The average Bonchev–Trinajstić information content (AvgIpc) is 2.70. The number of nitrogens with zero attached hydrogens (tertiary/aromatic N) is 2. The van der Waals surface area contributed by atoms with Crippen LogP contribution in [0.15, 0.2) is 66.0 Å². The van der Waals surface area contributed by atoms with Gasteiger partial charge in [0.2, 0.25) is 0 Å². The van der Waals surface area contributed by atoms with Gasteiger partial charge >= 0.3 is 5.97 Å². The Bertz CT molecular complexity index is 956. The van der Waals surface area contributed by atoms with E-state index in [9.17, 15) is 4.79 Å². The molecule has 132 valence electrons. The van der Waals surface area contributed by atoms with Crippen molar-refractivity contribution in [2.75, 3.05) is 14.2 Å². The lowest BCUT2D eigenvalue weighted by Crippen LogP contribution is -2.06. The Morgan fingerprint density at radius 2 is 1.81 bits per heavy atom. The van der Waals surface area contributed by atoms with Gasteiger partial charge in [-0.25, -0.2) is 9.78 Å². The van der Waals surface area contributed by atoms with Gasteiger partial charge in [0, 0.05) is 5.75 Å². The number of ether oxygens (including phenoxy) is 2. The summed E-state index contributed by atoms with van der Waals surface area (Å²) >= 11 is 1.56. The van der Waals surface area contributed by atoms with Crippen LogP contribution in [-0.4, -0.2) is 30.2 Å². The molecule has 6 heteroatoms. The molecule has 0 bridgehead atoms. The molecule has 0 N–H and O–H groups in total. The number of methoxy groups -OCH3 is 2. The summed E-state index contributed by atoms with van der Waals surface area (Å²) in [6.45, 7) is 0. The van der Waals surface area contributed by atoms with Crippen molar-refractivity contribution >= 4 is 34.3 Å². The summed E-state index contributed by atoms with van der Waals surface area (Å²) in [5.74, 6) is 0.205. The van der Waals surface area contributed by atoms with Crippen LogP contribution in [-0.2, 0) is 20.0 Å². The van der Waals surface area contributed by atoms with Gasteiger partial charge in [-0.2, -0.15) is 0 Å². The molecular formula is C20H18N2O3S. The first-order valence-corrected chi connectivity index (χ1v) is 8.95. The Kier molecular flexibility index (Phi) is 5.86. The van der Waals surface area contributed by atoms with Crippen molar-refractivity contribution < 1.29 is 14.3 Å². The largest absolute Gasteiger partial charge is 0.503 e. The van der Waals surface area contributed by atoms with E-state index in [1.165, 1.54) is 20.5 Å². The highest BCUT2D eigenvalue weighted by Gasteiger charge is 2.16. The second-order valence-corrected chi connectivity index (χ2v) is 6.40. The van der Waals surface area contributed by atoms with E-state index < -0.39 is 5.97 Å². The van der Waals surface area contributed by atoms with Crippen LogP contribution in [0.4, 0.5) is 0 Å². The smallest absolute Gasteiger partial charge is 0.341 e. The van der Waals surface area contributed by atoms with Gasteiger partial charge in [-0.1, -0.05) is 36.4 Å². The van der Waals surface area contributed by atoms with Gasteiger partial charge in [-0.15, -0.1) is 11.8 Å². The van der Waals surface area contributed by atoms with Crippen molar-refractivity contribution in [3.05, 3.63) is 72.1 Å². The van der Waals surface area contributed by atoms with Crippen molar-refractivity contribution in [3.63, 3.8) is 0 Å². The standard InChI is InChI=1S/C20H18N2O3S/c1-24-12-16(20(23)25-2)15-8-4-3-7-14(15)13-26-19-11-21-17-9-5-6-10-18(17)22-19/h3-12H,13H2,1-2H3/b16-12+. The number of esters is 1. The topological polar surface area (TPSA) is 61.3 Å². The second-order valence-electron chi connectivity index (χ2n) is 5.40. The van der Waals surface area contributed by atoms with E-state index >= 15 is 0 Å². The minimum Gasteiger partial charge on any atom is -0.503 e. The molecule has 3 aromatic rings. The molecule has 0 radical (unpaired) electrons. The van der Waals surface area contributed by atoms with Crippen LogP contribution >= 0.6 is 11.8 Å². The monoisotopic (exact) mass is 366 g/mol. The third-order valence-corrected chi connectivity index (χ3v) is 4.70. The first kappa shape index (κ1) is 17.9. The zero-order valence-corrected chi connectivity index (χ0v) is 15.3. The van der Waals surface area contributed by atoms with Gasteiger partial charge in [-0.05, 0) is 23.3 Å². The van der Waals surface area contributed by atoms with E-state index in [2.05, 4.69) is 9.97 Å². The highest BCUT2D eigenvalue weighted by molar-refractivity contribution is 7.98. The van der Waals surface area contributed by atoms with Gasteiger partial charge in [0.25, 0.3) is 0 Å². The molecule has 0 aliphatic heterocycles. The fourth-order valence-corrected chi connectivity index (χ4v) is 3.36. The summed E-state index contributed by atoms with van der Waals surface area (Å²) in [5.41, 5.74) is 3.88. The molecule has 0 atom stereocenters. The third-order valence-electron chi connectivity index (χ3n) is 3.75. The van der Waals surface area contributed by atoms with Gasteiger partial charge in [-0.3, -0.25) is 4.98 Å². The first-order valence-electron chi connectivity index (χ1n) is 7.97. The van der Waals surface area contributed by atoms with E-state index in [0.29, 0.717) is 11.3 Å². The lowest BCUT2D eigenvalue weighted by atomic mass is 10.0. The minimum atomic E-state index is -0.435. The van der Waals surface area contributed by atoms with Crippen LogP contribution in [0.2, 0.25) is 0 Å². The number of para-hydroxylation sites is 2. The van der Waals surface area contributed by atoms with Gasteiger partial charge < -0.3 is 9.47 Å². The van der Waals surface area contributed by atoms with E-state index in [1.54, 1.807) is 18.0 Å². The molecule has 0 fully saturated rings. The first-order chi connectivity index (χ1) is 12.7. The van der Waals surface area contributed by atoms with Crippen molar-refractivity contribution in [1.82, 2.24) is 9.97 Å². The number of carbonyl (C=O) groups is 1. The second kappa shape index (κ2) is 8.49. The molecule has 5 nitrogen and oxygen atoms in total. The van der Waals surface area contributed by atoms with Crippen molar-refractivity contribution in [2.24, 2.45) is 0 Å². The van der Waals surface area contributed by atoms with Crippen LogP contribution < -0.4 is 0 Å². The van der Waals surface area contributed by atoms with E-state index in [0.717, 1.165) is 27.2 Å². The number of hydrogen-bond donors (Lipinski definition) is 0. The fraction of sp³-hybridized carbons (Fsp3) is 0.150. The Morgan fingerprint density at radius 3 is 2.58 bits per heavy atom. The van der Waals surface area contributed by atoms with Gasteiger partial charge in [0.1, 0.15) is 10.6 Å². The zero-order valence-electron chi connectivity index (χ0n) is 14.5. The van der Waals surface area contributed by atoms with E-state index in [4.69, 9.17) is 9.47 Å². The minimum absolute atomic E-state index is 0.385. The molecule has 0 aliphatic rings. The van der Waals surface area contributed by atoms with E-state index in [1.807, 2.05) is 48.5 Å². The highest BCUT2D eigenvalue weighted by Crippen LogP contribution is 2.28. The molecule has 2 aromatic carbocycles. The summed E-state index contributed by atoms with van der Waals surface area (Å²) in [6.07, 6.45) is 3.17. The number of hydrogen-bond acceptors (Lipinski definition) is 6. The maximum Gasteiger partial charge on any atom is 0.341 e. The molecule has 26 heavy (non-hydrogen) atoms. The third kappa shape index (κ3) is 4.03. The molecule has 0 spiro atoms. The summed E-state index contributed by atoms with van der Waals surface area (Å²) < 4.78 is 9.92. The summed E-state index contributed by atoms with van der Waals surface area (Å²) in [5, 5.41) is 0.828. The van der Waals surface area contributed by atoms with Crippen molar-refractivity contribution in [3.8, 4) is 0 Å². The molecule has 0 saturated heterocycles. The molecule has 0 unspecified atom stereocenters. The molecule has 0 amide bonds. The fourth-order valence-electron chi connectivity index (χ4n) is 2.52. The molecule has 0 saturated carbocycles. The average molecular weight is 366 g/mol. The maximum atomic E-state index is 12.1. The molecule has 1 heterocycles. The Morgan fingerprint density at radius 1 is 1.08 bits per heavy atom. The van der Waals surface area contributed by atoms with Gasteiger partial charge in [0.05, 0.1) is 37.7 Å². The highest BCUT2D eigenvalue weighted by atomic mass is 32.2. The summed E-state index contributed by atoms with van der Waals surface area (Å²) in [7, 11) is 2.86. The van der Waals surface area contributed by atoms with Crippen LogP contribution in [0, 0.1) is 0 Å². The van der Waals surface area contributed by atoms with Crippen molar-refractivity contribution in [2.45, 2.75) is 10.8 Å². The molecule has 3 rings (SSSR count). The van der Waals surface area contributed by atoms with Crippen LogP contribution in [0.25, 0.3) is 16.6 Å². The van der Waals surface area contributed by atoms with Crippen LogP contribution in [0.3, 0.4) is 0 Å². The number of thioether (sulfide) groups is 1. The lowest BCUT2D eigenvalue weighted by molar-refractivity contribution is -0.133. The SMILES string of the molecule is CO/C=C(/C(=O)OC)c1ccccc1CSc1cnc2ccccc2n1. The predicted octanol–water partition coefficient (Wildman–Crippen LogP) is 4.08.